The zero-order valence-corrected chi connectivity index (χ0v) is 15.2. The van der Waals surface area contributed by atoms with Crippen LogP contribution in [0.3, 0.4) is 0 Å². The minimum atomic E-state index is -1.07. The molecule has 0 spiro atoms. The van der Waals surface area contributed by atoms with Crippen molar-refractivity contribution in [2.75, 3.05) is 19.5 Å². The van der Waals surface area contributed by atoms with Gasteiger partial charge in [-0.3, -0.25) is 4.79 Å². The Morgan fingerprint density at radius 1 is 1.04 bits per heavy atom. The Morgan fingerprint density at radius 3 is 2.46 bits per heavy atom. The van der Waals surface area contributed by atoms with Crippen LogP contribution in [0.1, 0.15) is 36.6 Å². The van der Waals surface area contributed by atoms with Crippen molar-refractivity contribution >= 4 is 29.5 Å². The van der Waals surface area contributed by atoms with Crippen LogP contribution in [0.5, 0.6) is 0 Å². The summed E-state index contributed by atoms with van der Waals surface area (Å²) in [5.74, 6) is -2.56. The van der Waals surface area contributed by atoms with Crippen LogP contribution in [-0.2, 0) is 25.4 Å². The predicted octanol–water partition coefficient (Wildman–Crippen LogP) is 1.98. The first-order chi connectivity index (χ1) is 13.4. The largest absolute Gasteiger partial charge is 0.465 e. The summed E-state index contributed by atoms with van der Waals surface area (Å²) < 4.78 is 14.6. The smallest absolute Gasteiger partial charge is 0.339 e. The van der Waals surface area contributed by atoms with Crippen molar-refractivity contribution < 1.29 is 33.4 Å². The van der Waals surface area contributed by atoms with E-state index in [1.54, 1.807) is 24.3 Å². The summed E-state index contributed by atoms with van der Waals surface area (Å²) in [6, 6.07) is 10.9. The van der Waals surface area contributed by atoms with Crippen molar-refractivity contribution in [2.45, 2.75) is 12.5 Å². The SMILES string of the molecule is COC(=O)c1ccc(C(=O)OC)c(NC(=O)[C@H]2Cc3ccccc3C(=O)O2)c1. The maximum absolute atomic E-state index is 12.7. The molecular weight excluding hydrogens is 366 g/mol. The van der Waals surface area contributed by atoms with Crippen LogP contribution in [0.2, 0.25) is 0 Å². The number of cyclic esters (lactones) is 1. The van der Waals surface area contributed by atoms with Gasteiger partial charge in [0.2, 0.25) is 0 Å². The monoisotopic (exact) mass is 383 g/mol. The number of nitrogens with one attached hydrogen (secondary N) is 1. The van der Waals surface area contributed by atoms with Crippen LogP contribution < -0.4 is 5.32 Å². The van der Waals surface area contributed by atoms with Crippen LogP contribution >= 0.6 is 0 Å². The van der Waals surface area contributed by atoms with E-state index in [1.165, 1.54) is 32.4 Å². The van der Waals surface area contributed by atoms with Gasteiger partial charge < -0.3 is 19.5 Å². The fourth-order valence-corrected chi connectivity index (χ4v) is 2.87. The molecule has 144 valence electrons. The van der Waals surface area contributed by atoms with Crippen LogP contribution in [0, 0.1) is 0 Å². The Morgan fingerprint density at radius 2 is 1.75 bits per heavy atom. The molecule has 0 unspecified atom stereocenters. The van der Waals surface area contributed by atoms with Gasteiger partial charge in [0.15, 0.2) is 6.10 Å². The third-order valence-corrected chi connectivity index (χ3v) is 4.29. The number of fused-ring (bicyclic) bond motifs is 1. The molecule has 1 amide bonds. The highest BCUT2D eigenvalue weighted by Crippen LogP contribution is 2.24. The van der Waals surface area contributed by atoms with Gasteiger partial charge in [0.05, 0.1) is 36.6 Å². The van der Waals surface area contributed by atoms with Gasteiger partial charge in [-0.15, -0.1) is 0 Å². The van der Waals surface area contributed by atoms with E-state index in [0.717, 1.165) is 0 Å². The summed E-state index contributed by atoms with van der Waals surface area (Å²) >= 11 is 0. The van der Waals surface area contributed by atoms with Gasteiger partial charge in [-0.25, -0.2) is 14.4 Å². The third-order valence-electron chi connectivity index (χ3n) is 4.29. The van der Waals surface area contributed by atoms with Gasteiger partial charge in [-0.1, -0.05) is 18.2 Å². The predicted molar refractivity (Wildman–Crippen MR) is 97.1 cm³/mol. The molecule has 8 heteroatoms. The number of ether oxygens (including phenoxy) is 3. The van der Waals surface area contributed by atoms with Crippen molar-refractivity contribution in [3.63, 3.8) is 0 Å². The zero-order valence-electron chi connectivity index (χ0n) is 15.2. The van der Waals surface area contributed by atoms with Crippen LogP contribution in [0.25, 0.3) is 0 Å². The molecule has 0 aromatic heterocycles. The second kappa shape index (κ2) is 7.91. The molecule has 8 nitrogen and oxygen atoms in total. The van der Waals surface area contributed by atoms with Crippen molar-refractivity contribution in [1.29, 1.82) is 0 Å². The minimum absolute atomic E-state index is 0.0473. The molecular formula is C20H17NO7. The van der Waals surface area contributed by atoms with Gasteiger partial charge in [0.1, 0.15) is 0 Å². The highest BCUT2D eigenvalue weighted by atomic mass is 16.5. The first-order valence-electron chi connectivity index (χ1n) is 8.35. The number of rotatable bonds is 4. The Hall–Kier alpha value is -3.68. The second-order valence-electron chi connectivity index (χ2n) is 5.99. The molecule has 28 heavy (non-hydrogen) atoms. The van der Waals surface area contributed by atoms with E-state index in [-0.39, 0.29) is 23.2 Å². The molecule has 0 saturated carbocycles. The Labute approximate surface area is 160 Å². The topological polar surface area (TPSA) is 108 Å². The van der Waals surface area contributed by atoms with Crippen LogP contribution in [0.15, 0.2) is 42.5 Å². The van der Waals surface area contributed by atoms with E-state index >= 15 is 0 Å². The molecule has 0 fully saturated rings. The number of esters is 3. The molecule has 0 aliphatic carbocycles. The van der Waals surface area contributed by atoms with E-state index in [9.17, 15) is 19.2 Å². The van der Waals surface area contributed by atoms with E-state index in [2.05, 4.69) is 10.1 Å². The fourth-order valence-electron chi connectivity index (χ4n) is 2.87. The zero-order chi connectivity index (χ0) is 20.3. The number of carbonyl (C=O) groups is 4. The van der Waals surface area contributed by atoms with E-state index in [0.29, 0.717) is 11.1 Å². The third kappa shape index (κ3) is 3.71. The van der Waals surface area contributed by atoms with Crippen molar-refractivity contribution in [2.24, 2.45) is 0 Å². The van der Waals surface area contributed by atoms with Crippen LogP contribution in [0.4, 0.5) is 5.69 Å². The van der Waals surface area contributed by atoms with Crippen molar-refractivity contribution in [1.82, 2.24) is 0 Å². The summed E-state index contributed by atoms with van der Waals surface area (Å²) in [4.78, 5) is 48.5. The maximum Gasteiger partial charge on any atom is 0.339 e. The molecule has 0 bridgehead atoms. The number of carbonyl (C=O) groups excluding carboxylic acids is 4. The summed E-state index contributed by atoms with van der Waals surface area (Å²) in [7, 11) is 2.41. The lowest BCUT2D eigenvalue weighted by Gasteiger charge is -2.24. The number of anilines is 1. The average molecular weight is 383 g/mol. The minimum Gasteiger partial charge on any atom is -0.465 e. The summed E-state index contributed by atoms with van der Waals surface area (Å²) in [6.45, 7) is 0. The summed E-state index contributed by atoms with van der Waals surface area (Å²) in [5.41, 5.74) is 1.34. The maximum atomic E-state index is 12.7. The number of benzene rings is 2. The van der Waals surface area contributed by atoms with Gasteiger partial charge in [-0.2, -0.15) is 0 Å². The Balaban J connectivity index is 1.88. The van der Waals surface area contributed by atoms with Gasteiger partial charge in [0, 0.05) is 6.42 Å². The first kappa shape index (κ1) is 19.1. The molecule has 1 aliphatic rings. The normalized spacial score (nSPS) is 15.1. The van der Waals surface area contributed by atoms with Gasteiger partial charge in [-0.05, 0) is 29.8 Å². The highest BCUT2D eigenvalue weighted by Gasteiger charge is 2.31. The quantitative estimate of drug-likeness (QED) is 0.635. The Bertz CT molecular complexity index is 967. The first-order valence-corrected chi connectivity index (χ1v) is 8.35. The molecule has 2 aromatic rings. The molecule has 1 atom stereocenters. The molecule has 0 saturated heterocycles. The fraction of sp³-hybridized carbons (Fsp3) is 0.200. The second-order valence-corrected chi connectivity index (χ2v) is 5.99. The lowest BCUT2D eigenvalue weighted by molar-refractivity contribution is -0.125. The number of hydrogen-bond acceptors (Lipinski definition) is 7. The molecule has 2 aromatic carbocycles. The van der Waals surface area contributed by atoms with E-state index in [4.69, 9.17) is 9.47 Å². The standard InChI is InChI=1S/C20H17NO7/c1-26-18(23)12-7-8-14(19(24)27-2)15(9-12)21-17(22)16-10-11-5-3-4-6-13(11)20(25)28-16/h3-9,16H,10H2,1-2H3,(H,21,22)/t16-/m1/s1. The van der Waals surface area contributed by atoms with E-state index < -0.39 is 29.9 Å². The van der Waals surface area contributed by atoms with Gasteiger partial charge in [0.25, 0.3) is 5.91 Å². The van der Waals surface area contributed by atoms with Gasteiger partial charge >= 0.3 is 17.9 Å². The lowest BCUT2D eigenvalue weighted by atomic mass is 9.98. The number of amides is 1. The lowest BCUT2D eigenvalue weighted by Crippen LogP contribution is -2.38. The molecule has 1 aliphatic heterocycles. The highest BCUT2D eigenvalue weighted by molar-refractivity contribution is 6.05. The Kier molecular flexibility index (Phi) is 5.39. The molecule has 1 heterocycles. The molecule has 1 N–H and O–H groups in total. The van der Waals surface area contributed by atoms with E-state index in [1.807, 2.05) is 0 Å². The molecule has 0 radical (unpaired) electrons. The van der Waals surface area contributed by atoms with Crippen molar-refractivity contribution in [3.8, 4) is 0 Å². The number of methoxy groups -OCH3 is 2. The van der Waals surface area contributed by atoms with Crippen molar-refractivity contribution in [3.05, 3.63) is 64.7 Å². The number of hydrogen-bond donors (Lipinski definition) is 1. The average Bonchev–Trinajstić information content (AvgIpc) is 2.72. The molecule has 3 rings (SSSR count). The van der Waals surface area contributed by atoms with Crippen LogP contribution in [-0.4, -0.2) is 44.1 Å². The summed E-state index contributed by atoms with van der Waals surface area (Å²) in [6.07, 6.45) is -0.882. The summed E-state index contributed by atoms with van der Waals surface area (Å²) in [5, 5.41) is 2.54.